The van der Waals surface area contributed by atoms with E-state index in [1.807, 2.05) is 0 Å². The summed E-state index contributed by atoms with van der Waals surface area (Å²) in [6.07, 6.45) is 5.77. The largest absolute Gasteiger partial charge is 0.352 e. The molecule has 0 aliphatic heterocycles. The van der Waals surface area contributed by atoms with Gasteiger partial charge >= 0.3 is 0 Å². The van der Waals surface area contributed by atoms with Crippen LogP contribution in [0.15, 0.2) is 24.3 Å². The van der Waals surface area contributed by atoms with Gasteiger partial charge in [-0.3, -0.25) is 4.79 Å². The molecule has 5 heteroatoms. The maximum absolute atomic E-state index is 12.1. The van der Waals surface area contributed by atoms with Gasteiger partial charge < -0.3 is 5.32 Å². The molecule has 1 N–H and O–H groups in total. The summed E-state index contributed by atoms with van der Waals surface area (Å²) in [7, 11) is -3.04. The van der Waals surface area contributed by atoms with Crippen LogP contribution >= 0.6 is 0 Å². The Morgan fingerprint density at radius 2 is 1.82 bits per heavy atom. The third-order valence-corrected chi connectivity index (χ3v) is 4.60. The van der Waals surface area contributed by atoms with E-state index in [-0.39, 0.29) is 11.7 Å². The number of hydrogen-bond acceptors (Lipinski definition) is 3. The van der Waals surface area contributed by atoms with Crippen LogP contribution in [0.5, 0.6) is 0 Å². The number of nitrogens with one attached hydrogen (secondary N) is 1. The summed E-state index contributed by atoms with van der Waals surface area (Å²) >= 11 is 0. The van der Waals surface area contributed by atoms with Crippen LogP contribution in [0, 0.1) is 5.92 Å². The molecule has 0 spiro atoms. The number of amides is 1. The number of hydrogen-bond donors (Lipinski definition) is 1. The van der Waals surface area contributed by atoms with Gasteiger partial charge in [-0.25, -0.2) is 8.42 Å². The van der Waals surface area contributed by atoms with E-state index in [9.17, 15) is 13.2 Å². The fourth-order valence-corrected chi connectivity index (χ4v) is 3.14. The number of carbonyl (C=O) groups excluding carboxylic acids is 1. The van der Waals surface area contributed by atoms with Gasteiger partial charge in [0, 0.05) is 18.4 Å². The molecule has 0 saturated carbocycles. The highest BCUT2D eigenvalue weighted by Gasteiger charge is 2.11. The van der Waals surface area contributed by atoms with Crippen molar-refractivity contribution in [2.45, 2.75) is 45.3 Å². The van der Waals surface area contributed by atoms with Crippen LogP contribution in [0.1, 0.15) is 55.5 Å². The average Bonchev–Trinajstić information content (AvgIpc) is 2.46. The molecule has 1 atom stereocenters. The molecule has 0 heterocycles. The zero-order valence-corrected chi connectivity index (χ0v) is 14.6. The van der Waals surface area contributed by atoms with Crippen molar-refractivity contribution < 1.29 is 13.2 Å². The summed E-state index contributed by atoms with van der Waals surface area (Å²) in [4.78, 5) is 12.1. The van der Waals surface area contributed by atoms with Crippen LogP contribution in [0.2, 0.25) is 0 Å². The lowest BCUT2D eigenvalue weighted by atomic mass is 9.99. The quantitative estimate of drug-likeness (QED) is 0.758. The van der Waals surface area contributed by atoms with Crippen molar-refractivity contribution in [3.05, 3.63) is 35.4 Å². The topological polar surface area (TPSA) is 63.2 Å². The average molecular weight is 325 g/mol. The van der Waals surface area contributed by atoms with Gasteiger partial charge in [0.15, 0.2) is 9.84 Å². The molecule has 1 rings (SSSR count). The van der Waals surface area contributed by atoms with Crippen LogP contribution in [0.3, 0.4) is 0 Å². The van der Waals surface area contributed by atoms with E-state index < -0.39 is 9.84 Å². The second-order valence-corrected chi connectivity index (χ2v) is 8.03. The highest BCUT2D eigenvalue weighted by atomic mass is 32.2. The van der Waals surface area contributed by atoms with Crippen LogP contribution < -0.4 is 5.32 Å². The van der Waals surface area contributed by atoms with Gasteiger partial charge in [-0.1, -0.05) is 45.2 Å². The van der Waals surface area contributed by atoms with E-state index in [0.29, 0.717) is 23.6 Å². The van der Waals surface area contributed by atoms with Crippen molar-refractivity contribution in [3.63, 3.8) is 0 Å². The zero-order valence-electron chi connectivity index (χ0n) is 13.8. The maximum atomic E-state index is 12.1. The monoisotopic (exact) mass is 325 g/mol. The highest BCUT2D eigenvalue weighted by molar-refractivity contribution is 7.89. The Balaban J connectivity index is 2.55. The summed E-state index contributed by atoms with van der Waals surface area (Å²) in [6.45, 7) is 5.01. The molecule has 0 bridgehead atoms. The van der Waals surface area contributed by atoms with Crippen LogP contribution in [-0.4, -0.2) is 27.1 Å². The van der Waals surface area contributed by atoms with Gasteiger partial charge in [0.1, 0.15) is 0 Å². The van der Waals surface area contributed by atoms with Crippen molar-refractivity contribution in [2.24, 2.45) is 5.92 Å². The van der Waals surface area contributed by atoms with Crippen LogP contribution in [-0.2, 0) is 15.6 Å². The van der Waals surface area contributed by atoms with Gasteiger partial charge in [-0.15, -0.1) is 0 Å². The first-order valence-corrected chi connectivity index (χ1v) is 9.96. The Morgan fingerprint density at radius 1 is 1.18 bits per heavy atom. The Hall–Kier alpha value is -1.36. The number of unbranched alkanes of at least 4 members (excludes halogenated alkanes) is 1. The molecule has 0 aliphatic rings. The summed E-state index contributed by atoms with van der Waals surface area (Å²) in [6, 6.07) is 6.76. The third kappa shape index (κ3) is 7.07. The second kappa shape index (κ2) is 8.93. The van der Waals surface area contributed by atoms with E-state index in [1.165, 1.54) is 19.1 Å². The fraction of sp³-hybridized carbons (Fsp3) is 0.588. The molecular formula is C17H27NO3S. The molecule has 124 valence electrons. The van der Waals surface area contributed by atoms with Gasteiger partial charge in [-0.05, 0) is 30.0 Å². The van der Waals surface area contributed by atoms with Crippen LogP contribution in [0.25, 0.3) is 0 Å². The molecule has 22 heavy (non-hydrogen) atoms. The zero-order chi connectivity index (χ0) is 16.6. The molecule has 1 aromatic rings. The molecule has 0 aliphatic carbocycles. The van der Waals surface area contributed by atoms with Gasteiger partial charge in [-0.2, -0.15) is 0 Å². The lowest BCUT2D eigenvalue weighted by Crippen LogP contribution is -2.29. The minimum Gasteiger partial charge on any atom is -0.352 e. The normalized spacial score (nSPS) is 12.9. The van der Waals surface area contributed by atoms with Crippen molar-refractivity contribution in [2.75, 3.05) is 12.8 Å². The minimum atomic E-state index is -3.04. The Labute approximate surface area is 134 Å². The predicted molar refractivity (Wildman–Crippen MR) is 90.6 cm³/mol. The van der Waals surface area contributed by atoms with Crippen LogP contribution in [0.4, 0.5) is 0 Å². The molecule has 0 radical (unpaired) electrons. The number of benzene rings is 1. The third-order valence-electron chi connectivity index (χ3n) is 3.74. The summed E-state index contributed by atoms with van der Waals surface area (Å²) in [5.41, 5.74) is 1.27. The first-order chi connectivity index (χ1) is 10.4. The standard InChI is InChI=1S/C17H27NO3S/c1-4-6-7-14(5-2)12-18-17(19)16-10-8-15(9-11-16)13-22(3,20)21/h8-11,14H,4-7,12-13H2,1-3H3,(H,18,19). The summed E-state index contributed by atoms with van der Waals surface area (Å²) < 4.78 is 22.5. The summed E-state index contributed by atoms with van der Waals surface area (Å²) in [5, 5.41) is 2.97. The molecule has 1 unspecified atom stereocenters. The van der Waals surface area contributed by atoms with Crippen molar-refractivity contribution >= 4 is 15.7 Å². The minimum absolute atomic E-state index is 0.00380. The fourth-order valence-electron chi connectivity index (χ4n) is 2.34. The highest BCUT2D eigenvalue weighted by Crippen LogP contribution is 2.12. The smallest absolute Gasteiger partial charge is 0.251 e. The van der Waals surface area contributed by atoms with E-state index in [4.69, 9.17) is 0 Å². The number of carbonyl (C=O) groups is 1. The molecule has 0 saturated heterocycles. The lowest BCUT2D eigenvalue weighted by molar-refractivity contribution is 0.0946. The number of sulfone groups is 1. The first kappa shape index (κ1) is 18.7. The van der Waals surface area contributed by atoms with E-state index in [0.717, 1.165) is 12.8 Å². The second-order valence-electron chi connectivity index (χ2n) is 5.89. The SMILES string of the molecule is CCCCC(CC)CNC(=O)c1ccc(CS(C)(=O)=O)cc1. The van der Waals surface area contributed by atoms with Crippen molar-refractivity contribution in [1.82, 2.24) is 5.32 Å². The van der Waals surface area contributed by atoms with Gasteiger partial charge in [0.05, 0.1) is 5.75 Å². The first-order valence-electron chi connectivity index (χ1n) is 7.90. The number of rotatable bonds is 9. The van der Waals surface area contributed by atoms with Gasteiger partial charge in [0.25, 0.3) is 5.91 Å². The maximum Gasteiger partial charge on any atom is 0.251 e. The molecule has 1 amide bonds. The van der Waals surface area contributed by atoms with E-state index in [2.05, 4.69) is 19.2 Å². The Kier molecular flexibility index (Phi) is 7.59. The Morgan fingerprint density at radius 3 is 2.32 bits per heavy atom. The van der Waals surface area contributed by atoms with E-state index >= 15 is 0 Å². The molecule has 0 aromatic heterocycles. The van der Waals surface area contributed by atoms with Gasteiger partial charge in [0.2, 0.25) is 0 Å². The Bertz CT molecular complexity index is 564. The lowest BCUT2D eigenvalue weighted by Gasteiger charge is -2.15. The van der Waals surface area contributed by atoms with Crippen molar-refractivity contribution in [1.29, 1.82) is 0 Å². The predicted octanol–water partition coefficient (Wildman–Crippen LogP) is 3.18. The summed E-state index contributed by atoms with van der Waals surface area (Å²) in [5.74, 6) is 0.429. The van der Waals surface area contributed by atoms with Crippen molar-refractivity contribution in [3.8, 4) is 0 Å². The van der Waals surface area contributed by atoms with E-state index in [1.54, 1.807) is 24.3 Å². The molecule has 0 fully saturated rings. The molecule has 4 nitrogen and oxygen atoms in total. The molecular weight excluding hydrogens is 298 g/mol. The molecule has 1 aromatic carbocycles.